The number of hydrogen-bond acceptors (Lipinski definition) is 4. The van der Waals surface area contributed by atoms with E-state index in [2.05, 4.69) is 22.4 Å². The Morgan fingerprint density at radius 1 is 1.32 bits per heavy atom. The van der Waals surface area contributed by atoms with Gasteiger partial charge in [0.25, 0.3) is 0 Å². The first-order chi connectivity index (χ1) is 12.2. The van der Waals surface area contributed by atoms with Crippen molar-refractivity contribution in [2.45, 2.75) is 18.9 Å². The molecule has 0 aromatic heterocycles. The molecule has 2 aromatic rings. The number of carbonyl (C=O) groups excluding carboxylic acids is 1. The lowest BCUT2D eigenvalue weighted by atomic mass is 10.0. The molecule has 3 rings (SSSR count). The number of rotatable bonds is 5. The van der Waals surface area contributed by atoms with Crippen LogP contribution in [0.25, 0.3) is 0 Å². The van der Waals surface area contributed by atoms with E-state index in [4.69, 9.17) is 10.00 Å². The van der Waals surface area contributed by atoms with Crippen LogP contribution in [0.5, 0.6) is 5.75 Å². The zero-order valence-corrected chi connectivity index (χ0v) is 14.2. The predicted octanol–water partition coefficient (Wildman–Crippen LogP) is 3.34. The number of ether oxygens (including phenoxy) is 1. The van der Waals surface area contributed by atoms with Gasteiger partial charge in [-0.25, -0.2) is 0 Å². The number of nitrogens with zero attached hydrogens (tertiary/aromatic N) is 2. The molecular weight excluding hydrogens is 314 g/mol. The molecule has 1 aliphatic rings. The van der Waals surface area contributed by atoms with Crippen LogP contribution >= 0.6 is 0 Å². The molecule has 128 valence electrons. The summed E-state index contributed by atoms with van der Waals surface area (Å²) in [4.78, 5) is 14.6. The molecular formula is C20H21N3O2. The summed E-state index contributed by atoms with van der Waals surface area (Å²) < 4.78 is 5.31. The van der Waals surface area contributed by atoms with E-state index in [1.807, 2.05) is 18.2 Å². The molecule has 0 radical (unpaired) electrons. The summed E-state index contributed by atoms with van der Waals surface area (Å²) in [6.07, 6.45) is 2.10. The number of amides is 1. The maximum absolute atomic E-state index is 12.4. The van der Waals surface area contributed by atoms with E-state index >= 15 is 0 Å². The second kappa shape index (κ2) is 7.82. The van der Waals surface area contributed by atoms with Gasteiger partial charge in [0.05, 0.1) is 25.3 Å². The SMILES string of the molecule is COc1cccc([C@@H]2CCCN2CC(=O)Nc2cccc(C#N)c2)c1. The van der Waals surface area contributed by atoms with E-state index < -0.39 is 0 Å². The maximum atomic E-state index is 12.4. The fourth-order valence-corrected chi connectivity index (χ4v) is 3.29. The van der Waals surface area contributed by atoms with Gasteiger partial charge in [0.1, 0.15) is 5.75 Å². The van der Waals surface area contributed by atoms with Crippen LogP contribution < -0.4 is 10.1 Å². The molecule has 1 amide bonds. The minimum absolute atomic E-state index is 0.0649. The Hall–Kier alpha value is -2.84. The third-order valence-electron chi connectivity index (χ3n) is 4.46. The molecule has 1 heterocycles. The lowest BCUT2D eigenvalue weighted by Gasteiger charge is -2.24. The van der Waals surface area contributed by atoms with E-state index in [1.54, 1.807) is 31.4 Å². The zero-order valence-electron chi connectivity index (χ0n) is 14.2. The van der Waals surface area contributed by atoms with Crippen LogP contribution in [0.4, 0.5) is 5.69 Å². The maximum Gasteiger partial charge on any atom is 0.238 e. The monoisotopic (exact) mass is 335 g/mol. The Balaban J connectivity index is 1.66. The predicted molar refractivity (Wildman–Crippen MR) is 96.3 cm³/mol. The lowest BCUT2D eigenvalue weighted by Crippen LogP contribution is -2.32. The third-order valence-corrected chi connectivity index (χ3v) is 4.46. The van der Waals surface area contributed by atoms with Crippen LogP contribution in [-0.4, -0.2) is 31.0 Å². The van der Waals surface area contributed by atoms with Gasteiger partial charge in [-0.05, 0) is 55.3 Å². The average molecular weight is 335 g/mol. The van der Waals surface area contributed by atoms with Crippen LogP contribution in [-0.2, 0) is 4.79 Å². The van der Waals surface area contributed by atoms with Crippen molar-refractivity contribution >= 4 is 11.6 Å². The number of nitrogens with one attached hydrogen (secondary N) is 1. The third kappa shape index (κ3) is 4.17. The standard InChI is InChI=1S/C20H21N3O2/c1-25-18-8-3-6-16(12-18)19-9-4-10-23(19)14-20(24)22-17-7-2-5-15(11-17)13-21/h2-3,5-8,11-12,19H,4,9-10,14H2,1H3,(H,22,24)/t19-/m0/s1. The van der Waals surface area contributed by atoms with E-state index in [9.17, 15) is 4.79 Å². The number of methoxy groups -OCH3 is 1. The Morgan fingerprint density at radius 3 is 2.96 bits per heavy atom. The molecule has 25 heavy (non-hydrogen) atoms. The second-order valence-corrected chi connectivity index (χ2v) is 6.15. The van der Waals surface area contributed by atoms with Gasteiger partial charge in [-0.15, -0.1) is 0 Å². The van der Waals surface area contributed by atoms with Gasteiger partial charge in [0.15, 0.2) is 0 Å². The van der Waals surface area contributed by atoms with Crippen molar-refractivity contribution < 1.29 is 9.53 Å². The molecule has 0 saturated carbocycles. The fourth-order valence-electron chi connectivity index (χ4n) is 3.29. The molecule has 1 saturated heterocycles. The number of hydrogen-bond donors (Lipinski definition) is 1. The van der Waals surface area contributed by atoms with Crippen molar-refractivity contribution in [1.29, 1.82) is 5.26 Å². The zero-order chi connectivity index (χ0) is 17.6. The highest BCUT2D eigenvalue weighted by molar-refractivity contribution is 5.92. The molecule has 0 aliphatic carbocycles. The summed E-state index contributed by atoms with van der Waals surface area (Å²) >= 11 is 0. The number of nitriles is 1. The van der Waals surface area contributed by atoms with Gasteiger partial charge in [-0.3, -0.25) is 9.69 Å². The van der Waals surface area contributed by atoms with E-state index in [0.29, 0.717) is 17.8 Å². The van der Waals surface area contributed by atoms with Gasteiger partial charge in [-0.2, -0.15) is 5.26 Å². The minimum atomic E-state index is -0.0649. The second-order valence-electron chi connectivity index (χ2n) is 6.15. The normalized spacial score (nSPS) is 17.0. The van der Waals surface area contributed by atoms with Crippen LogP contribution in [0.1, 0.15) is 30.0 Å². The Kier molecular flexibility index (Phi) is 5.32. The van der Waals surface area contributed by atoms with Crippen molar-refractivity contribution in [1.82, 2.24) is 4.90 Å². The highest BCUT2D eigenvalue weighted by Gasteiger charge is 2.27. The smallest absolute Gasteiger partial charge is 0.238 e. The first kappa shape index (κ1) is 17.0. The van der Waals surface area contributed by atoms with Gasteiger partial charge in [0, 0.05) is 11.7 Å². The first-order valence-corrected chi connectivity index (χ1v) is 8.37. The summed E-state index contributed by atoms with van der Waals surface area (Å²) in [5, 5.41) is 11.8. The average Bonchev–Trinajstić information content (AvgIpc) is 3.09. The molecule has 0 unspecified atom stereocenters. The lowest BCUT2D eigenvalue weighted by molar-refractivity contribution is -0.117. The van der Waals surface area contributed by atoms with Crippen molar-refractivity contribution in [2.75, 3.05) is 25.5 Å². The highest BCUT2D eigenvalue weighted by atomic mass is 16.5. The highest BCUT2D eigenvalue weighted by Crippen LogP contribution is 2.33. The fraction of sp³-hybridized carbons (Fsp3) is 0.300. The summed E-state index contributed by atoms with van der Waals surface area (Å²) in [5.41, 5.74) is 2.37. The van der Waals surface area contributed by atoms with Crippen LogP contribution in [0.2, 0.25) is 0 Å². The molecule has 2 aromatic carbocycles. The largest absolute Gasteiger partial charge is 0.497 e. The van der Waals surface area contributed by atoms with Crippen molar-refractivity contribution in [3.8, 4) is 11.8 Å². The molecule has 1 fully saturated rings. The topological polar surface area (TPSA) is 65.4 Å². The summed E-state index contributed by atoms with van der Waals surface area (Å²) in [6.45, 7) is 1.23. The summed E-state index contributed by atoms with van der Waals surface area (Å²) in [7, 11) is 1.66. The molecule has 1 aliphatic heterocycles. The van der Waals surface area contributed by atoms with E-state index in [0.717, 1.165) is 25.1 Å². The van der Waals surface area contributed by atoms with Crippen LogP contribution in [0, 0.1) is 11.3 Å². The molecule has 0 spiro atoms. The quantitative estimate of drug-likeness (QED) is 0.910. The van der Waals surface area contributed by atoms with Gasteiger partial charge in [-0.1, -0.05) is 18.2 Å². The van der Waals surface area contributed by atoms with E-state index in [-0.39, 0.29) is 11.9 Å². The number of benzene rings is 2. The van der Waals surface area contributed by atoms with Gasteiger partial charge < -0.3 is 10.1 Å². The van der Waals surface area contributed by atoms with E-state index in [1.165, 1.54) is 5.56 Å². The number of likely N-dealkylation sites (tertiary alicyclic amines) is 1. The van der Waals surface area contributed by atoms with Crippen molar-refractivity contribution in [3.63, 3.8) is 0 Å². The van der Waals surface area contributed by atoms with Gasteiger partial charge in [0.2, 0.25) is 5.91 Å². The minimum Gasteiger partial charge on any atom is -0.497 e. The Bertz CT molecular complexity index is 798. The van der Waals surface area contributed by atoms with Crippen LogP contribution in [0.15, 0.2) is 48.5 Å². The van der Waals surface area contributed by atoms with Crippen LogP contribution in [0.3, 0.4) is 0 Å². The molecule has 5 heteroatoms. The molecule has 1 N–H and O–H groups in total. The number of anilines is 1. The van der Waals surface area contributed by atoms with Gasteiger partial charge >= 0.3 is 0 Å². The summed E-state index contributed by atoms with van der Waals surface area (Å²) in [6, 6.07) is 17.3. The van der Waals surface area contributed by atoms with Crippen molar-refractivity contribution in [3.05, 3.63) is 59.7 Å². The Morgan fingerprint density at radius 2 is 2.16 bits per heavy atom. The molecule has 0 bridgehead atoms. The number of carbonyl (C=O) groups is 1. The molecule has 5 nitrogen and oxygen atoms in total. The first-order valence-electron chi connectivity index (χ1n) is 8.37. The summed E-state index contributed by atoms with van der Waals surface area (Å²) in [5.74, 6) is 0.770. The Labute approximate surface area is 147 Å². The van der Waals surface area contributed by atoms with Crippen molar-refractivity contribution in [2.24, 2.45) is 0 Å². The molecule has 1 atom stereocenters.